The second kappa shape index (κ2) is 9.01. The smallest absolute Gasteiger partial charge is 0.165 e. The second-order valence-corrected chi connectivity index (χ2v) is 8.61. The van der Waals surface area contributed by atoms with Crippen LogP contribution in [-0.2, 0) is 6.42 Å². The third-order valence-electron chi connectivity index (χ3n) is 6.43. The van der Waals surface area contributed by atoms with Gasteiger partial charge in [0, 0.05) is 0 Å². The minimum absolute atomic E-state index is 0.0801. The number of rotatable bonds is 5. The van der Waals surface area contributed by atoms with Crippen molar-refractivity contribution in [1.29, 1.82) is 0 Å². The van der Waals surface area contributed by atoms with Crippen molar-refractivity contribution in [3.8, 4) is 28.0 Å². The summed E-state index contributed by atoms with van der Waals surface area (Å²) < 4.78 is 13.7. The van der Waals surface area contributed by atoms with E-state index in [0.29, 0.717) is 0 Å². The highest BCUT2D eigenvalue weighted by Gasteiger charge is 2.19. The van der Waals surface area contributed by atoms with Gasteiger partial charge in [0.2, 0.25) is 0 Å². The van der Waals surface area contributed by atoms with E-state index < -0.39 is 5.82 Å². The minimum atomic E-state index is -0.601. The Morgan fingerprint density at radius 1 is 0.833 bits per heavy atom. The van der Waals surface area contributed by atoms with Gasteiger partial charge in [0.1, 0.15) is 0 Å². The van der Waals surface area contributed by atoms with E-state index >= 15 is 0 Å². The number of aliphatic hydroxyl groups excluding tert-OH is 1. The molecular weight excluding hydrogens is 375 g/mol. The molecule has 4 rings (SSSR count). The molecule has 30 heavy (non-hydrogen) atoms. The molecule has 2 N–H and O–H groups in total. The molecule has 1 fully saturated rings. The van der Waals surface area contributed by atoms with Gasteiger partial charge < -0.3 is 10.2 Å². The molecule has 0 heterocycles. The highest BCUT2D eigenvalue weighted by molar-refractivity contribution is 5.74. The topological polar surface area (TPSA) is 40.5 Å². The predicted octanol–water partition coefficient (Wildman–Crippen LogP) is 6.66. The van der Waals surface area contributed by atoms with E-state index in [-0.39, 0.29) is 11.9 Å². The summed E-state index contributed by atoms with van der Waals surface area (Å²) in [6, 6.07) is 19.5. The van der Waals surface area contributed by atoms with Crippen molar-refractivity contribution < 1.29 is 14.6 Å². The quantitative estimate of drug-likeness (QED) is 0.499. The zero-order chi connectivity index (χ0) is 21.1. The van der Waals surface area contributed by atoms with Crippen molar-refractivity contribution in [3.63, 3.8) is 0 Å². The minimum Gasteiger partial charge on any atom is -0.505 e. The van der Waals surface area contributed by atoms with Gasteiger partial charge in [-0.3, -0.25) is 0 Å². The van der Waals surface area contributed by atoms with Gasteiger partial charge in [-0.15, -0.1) is 0 Å². The van der Waals surface area contributed by atoms with Crippen molar-refractivity contribution in [1.82, 2.24) is 0 Å². The Labute approximate surface area is 178 Å². The van der Waals surface area contributed by atoms with Crippen LogP contribution in [0.25, 0.3) is 22.3 Å². The summed E-state index contributed by atoms with van der Waals surface area (Å²) in [5, 5.41) is 19.1. The molecule has 0 atom stereocenters. The van der Waals surface area contributed by atoms with Crippen LogP contribution in [0, 0.1) is 18.7 Å². The zero-order valence-electron chi connectivity index (χ0n) is 17.4. The number of aliphatic hydroxyl groups is 1. The standard InChI is InChI=1S/C27H29FO2/c1-18-16-22(10-14-25(18)23-11-15-27(30)26(28)17-23)21-8-4-19(5-9-21)2-3-20-6-12-24(29)13-7-20/h4-5,8-11,14-17,20,24,29-30H,2-3,6-7,12-13H2,1H3. The van der Waals surface area contributed by atoms with E-state index in [4.69, 9.17) is 0 Å². The highest BCUT2D eigenvalue weighted by atomic mass is 19.1. The Morgan fingerprint density at radius 2 is 1.50 bits per heavy atom. The first-order valence-electron chi connectivity index (χ1n) is 10.9. The monoisotopic (exact) mass is 404 g/mol. The first-order valence-corrected chi connectivity index (χ1v) is 10.9. The molecule has 0 radical (unpaired) electrons. The van der Waals surface area contributed by atoms with E-state index in [9.17, 15) is 14.6 Å². The van der Waals surface area contributed by atoms with Crippen molar-refractivity contribution in [2.45, 2.75) is 51.6 Å². The van der Waals surface area contributed by atoms with E-state index in [1.165, 1.54) is 29.7 Å². The molecule has 0 amide bonds. The maximum Gasteiger partial charge on any atom is 0.165 e. The van der Waals surface area contributed by atoms with E-state index in [1.54, 1.807) is 6.07 Å². The van der Waals surface area contributed by atoms with Crippen LogP contribution in [0.4, 0.5) is 4.39 Å². The van der Waals surface area contributed by atoms with Crippen LogP contribution in [0.1, 0.15) is 43.2 Å². The van der Waals surface area contributed by atoms with Crippen molar-refractivity contribution in [2.24, 2.45) is 5.92 Å². The summed E-state index contributed by atoms with van der Waals surface area (Å²) in [7, 11) is 0. The van der Waals surface area contributed by atoms with Crippen LogP contribution in [0.2, 0.25) is 0 Å². The van der Waals surface area contributed by atoms with Crippen LogP contribution < -0.4 is 0 Å². The number of hydrogen-bond acceptors (Lipinski definition) is 2. The molecule has 1 aliphatic carbocycles. The fraction of sp³-hybridized carbons (Fsp3) is 0.333. The fourth-order valence-electron chi connectivity index (χ4n) is 4.51. The average molecular weight is 405 g/mol. The lowest BCUT2D eigenvalue weighted by atomic mass is 9.84. The van der Waals surface area contributed by atoms with Crippen LogP contribution in [0.3, 0.4) is 0 Å². The maximum atomic E-state index is 13.7. The van der Waals surface area contributed by atoms with Gasteiger partial charge in [-0.2, -0.15) is 0 Å². The van der Waals surface area contributed by atoms with Crippen LogP contribution >= 0.6 is 0 Å². The highest BCUT2D eigenvalue weighted by Crippen LogP contribution is 2.31. The number of hydrogen-bond donors (Lipinski definition) is 2. The molecule has 0 unspecified atom stereocenters. The lowest BCUT2D eigenvalue weighted by Gasteiger charge is -2.25. The molecule has 1 aliphatic rings. The summed E-state index contributed by atoms with van der Waals surface area (Å²) in [6.45, 7) is 2.03. The number of phenolic OH excluding ortho intramolecular Hbond substituents is 1. The zero-order valence-corrected chi connectivity index (χ0v) is 17.4. The van der Waals surface area contributed by atoms with Crippen molar-refractivity contribution in [2.75, 3.05) is 0 Å². The molecule has 1 saturated carbocycles. The van der Waals surface area contributed by atoms with Crippen LogP contribution in [0.5, 0.6) is 5.75 Å². The van der Waals surface area contributed by atoms with E-state index in [0.717, 1.165) is 60.3 Å². The summed E-state index contributed by atoms with van der Waals surface area (Å²) >= 11 is 0. The molecule has 3 aromatic carbocycles. The van der Waals surface area contributed by atoms with Gasteiger partial charge in [0.25, 0.3) is 0 Å². The summed E-state index contributed by atoms with van der Waals surface area (Å²) in [5.41, 5.74) is 6.47. The molecule has 3 aromatic rings. The van der Waals surface area contributed by atoms with Gasteiger partial charge in [-0.1, -0.05) is 48.5 Å². The predicted molar refractivity (Wildman–Crippen MR) is 120 cm³/mol. The molecule has 0 spiro atoms. The Kier molecular flexibility index (Phi) is 6.19. The number of aromatic hydroxyl groups is 1. The molecular formula is C27H29FO2. The normalized spacial score (nSPS) is 19.0. The molecule has 0 aliphatic heterocycles. The number of phenols is 1. The van der Waals surface area contributed by atoms with Gasteiger partial charge in [-0.05, 0) is 96.9 Å². The Bertz CT molecular complexity index is 1000. The Balaban J connectivity index is 1.43. The second-order valence-electron chi connectivity index (χ2n) is 8.61. The van der Waals surface area contributed by atoms with Crippen molar-refractivity contribution in [3.05, 3.63) is 77.6 Å². The van der Waals surface area contributed by atoms with Crippen LogP contribution in [0.15, 0.2) is 60.7 Å². The van der Waals surface area contributed by atoms with Crippen LogP contribution in [-0.4, -0.2) is 16.3 Å². The number of benzene rings is 3. The average Bonchev–Trinajstić information content (AvgIpc) is 2.76. The summed E-state index contributed by atoms with van der Waals surface area (Å²) in [6.07, 6.45) is 6.41. The van der Waals surface area contributed by atoms with E-state index in [2.05, 4.69) is 36.4 Å². The molecule has 0 aromatic heterocycles. The molecule has 0 bridgehead atoms. The fourth-order valence-corrected chi connectivity index (χ4v) is 4.51. The van der Waals surface area contributed by atoms with Crippen molar-refractivity contribution >= 4 is 0 Å². The maximum absolute atomic E-state index is 13.7. The molecule has 0 saturated heterocycles. The van der Waals surface area contributed by atoms with Gasteiger partial charge >= 0.3 is 0 Å². The summed E-state index contributed by atoms with van der Waals surface area (Å²) in [4.78, 5) is 0. The number of aryl methyl sites for hydroxylation is 2. The largest absolute Gasteiger partial charge is 0.505 e. The summed E-state index contributed by atoms with van der Waals surface area (Å²) in [5.74, 6) is -0.182. The third kappa shape index (κ3) is 4.73. The third-order valence-corrected chi connectivity index (χ3v) is 6.43. The van der Waals surface area contributed by atoms with Gasteiger partial charge in [0.15, 0.2) is 11.6 Å². The molecule has 3 heteroatoms. The lowest BCUT2D eigenvalue weighted by Crippen LogP contribution is -2.18. The van der Waals surface area contributed by atoms with E-state index in [1.807, 2.05) is 13.0 Å². The van der Waals surface area contributed by atoms with Gasteiger partial charge in [-0.25, -0.2) is 4.39 Å². The SMILES string of the molecule is Cc1cc(-c2ccc(CCC3CCC(O)CC3)cc2)ccc1-c1ccc(O)c(F)c1. The number of halogens is 1. The molecule has 2 nitrogen and oxygen atoms in total. The Hall–Kier alpha value is -2.65. The first-order chi connectivity index (χ1) is 14.5. The Morgan fingerprint density at radius 3 is 2.17 bits per heavy atom. The molecule has 156 valence electrons. The van der Waals surface area contributed by atoms with Gasteiger partial charge in [0.05, 0.1) is 6.10 Å². The lowest BCUT2D eigenvalue weighted by molar-refractivity contribution is 0.106. The first kappa shape index (κ1) is 20.6.